The highest BCUT2D eigenvalue weighted by Crippen LogP contribution is 2.24. The maximum Gasteiger partial charge on any atom is 0.354 e. The molecule has 0 fully saturated rings. The van der Waals surface area contributed by atoms with E-state index in [4.69, 9.17) is 0 Å². The number of nitrogens with zero attached hydrogens (tertiary/aromatic N) is 2. The summed E-state index contributed by atoms with van der Waals surface area (Å²) < 4.78 is 1.68. The van der Waals surface area contributed by atoms with Crippen LogP contribution in [0.4, 0.5) is 0 Å². The number of aryl methyl sites for hydroxylation is 1. The first-order valence-corrected chi connectivity index (χ1v) is 5.91. The number of carboxylic acids is 1. The van der Waals surface area contributed by atoms with Crippen molar-refractivity contribution in [3.63, 3.8) is 0 Å². The van der Waals surface area contributed by atoms with Gasteiger partial charge in [0.15, 0.2) is 0 Å². The van der Waals surface area contributed by atoms with E-state index in [1.807, 2.05) is 0 Å². The number of carboxylic acid groups (broad SMARTS) is 1. The van der Waals surface area contributed by atoms with E-state index in [0.29, 0.717) is 18.2 Å². The number of carbonyl (C=O) groups is 1. The quantitative estimate of drug-likeness (QED) is 0.852. The molecule has 0 bridgehead atoms. The molecular weight excluding hydrogens is 204 g/mol. The highest BCUT2D eigenvalue weighted by molar-refractivity contribution is 5.87. The van der Waals surface area contributed by atoms with Crippen LogP contribution in [0.15, 0.2) is 0 Å². The standard InChI is InChI=1S/C12H18N2O2/c1-8(2)7-14-11(12(15)16)9-5-3-4-6-10(9)13-14/h8H,3-7H2,1-2H3,(H,15,16). The number of fused-ring (bicyclic) bond motifs is 1. The third kappa shape index (κ3) is 1.96. The first-order chi connectivity index (χ1) is 7.59. The van der Waals surface area contributed by atoms with Crippen molar-refractivity contribution in [1.29, 1.82) is 0 Å². The molecule has 1 aliphatic carbocycles. The van der Waals surface area contributed by atoms with Crippen LogP contribution in [0.2, 0.25) is 0 Å². The Kier molecular flexibility index (Phi) is 2.99. The Morgan fingerprint density at radius 2 is 2.12 bits per heavy atom. The van der Waals surface area contributed by atoms with Crippen LogP contribution in [0, 0.1) is 5.92 Å². The van der Waals surface area contributed by atoms with E-state index >= 15 is 0 Å². The molecule has 1 N–H and O–H groups in total. The van der Waals surface area contributed by atoms with Gasteiger partial charge in [-0.3, -0.25) is 4.68 Å². The molecule has 0 saturated carbocycles. The average Bonchev–Trinajstić information content (AvgIpc) is 2.53. The van der Waals surface area contributed by atoms with Crippen molar-refractivity contribution in [2.45, 2.75) is 46.1 Å². The lowest BCUT2D eigenvalue weighted by molar-refractivity contribution is 0.0681. The van der Waals surface area contributed by atoms with Crippen LogP contribution in [0.1, 0.15) is 48.4 Å². The summed E-state index contributed by atoms with van der Waals surface area (Å²) in [4.78, 5) is 11.3. The summed E-state index contributed by atoms with van der Waals surface area (Å²) in [7, 11) is 0. The van der Waals surface area contributed by atoms with Crippen molar-refractivity contribution in [2.24, 2.45) is 5.92 Å². The normalized spacial score (nSPS) is 15.2. The molecule has 16 heavy (non-hydrogen) atoms. The first-order valence-electron chi connectivity index (χ1n) is 5.91. The fourth-order valence-corrected chi connectivity index (χ4v) is 2.32. The highest BCUT2D eigenvalue weighted by Gasteiger charge is 2.24. The lowest BCUT2D eigenvalue weighted by Crippen LogP contribution is -2.14. The molecule has 0 spiro atoms. The van der Waals surface area contributed by atoms with E-state index in [9.17, 15) is 9.90 Å². The van der Waals surface area contributed by atoms with E-state index < -0.39 is 5.97 Å². The fourth-order valence-electron chi connectivity index (χ4n) is 2.32. The number of rotatable bonds is 3. The summed E-state index contributed by atoms with van der Waals surface area (Å²) in [6.45, 7) is 4.84. The second-order valence-corrected chi connectivity index (χ2v) is 4.86. The minimum absolute atomic E-state index is 0.416. The minimum atomic E-state index is -0.837. The van der Waals surface area contributed by atoms with Gasteiger partial charge in [-0.25, -0.2) is 4.79 Å². The maximum absolute atomic E-state index is 11.3. The van der Waals surface area contributed by atoms with Crippen LogP contribution in [-0.2, 0) is 19.4 Å². The molecule has 0 aliphatic heterocycles. The van der Waals surface area contributed by atoms with Gasteiger partial charge < -0.3 is 5.11 Å². The van der Waals surface area contributed by atoms with Crippen LogP contribution in [0.25, 0.3) is 0 Å². The fraction of sp³-hybridized carbons (Fsp3) is 0.667. The molecule has 0 aromatic carbocycles. The van der Waals surface area contributed by atoms with E-state index in [2.05, 4.69) is 18.9 Å². The van der Waals surface area contributed by atoms with Crippen molar-refractivity contribution in [2.75, 3.05) is 0 Å². The minimum Gasteiger partial charge on any atom is -0.477 e. The summed E-state index contributed by atoms with van der Waals surface area (Å²) in [6.07, 6.45) is 4.02. The van der Waals surface area contributed by atoms with Crippen LogP contribution in [-0.4, -0.2) is 20.9 Å². The predicted molar refractivity (Wildman–Crippen MR) is 60.7 cm³/mol. The molecule has 1 aliphatic rings. The number of aromatic carboxylic acids is 1. The van der Waals surface area contributed by atoms with Gasteiger partial charge in [0.1, 0.15) is 5.69 Å². The molecule has 88 valence electrons. The molecule has 1 heterocycles. The van der Waals surface area contributed by atoms with Gasteiger partial charge in [0, 0.05) is 12.1 Å². The zero-order valence-corrected chi connectivity index (χ0v) is 9.86. The van der Waals surface area contributed by atoms with Crippen molar-refractivity contribution >= 4 is 5.97 Å². The maximum atomic E-state index is 11.3. The lowest BCUT2D eigenvalue weighted by Gasteiger charge is -2.09. The largest absolute Gasteiger partial charge is 0.477 e. The number of hydrogen-bond donors (Lipinski definition) is 1. The molecule has 0 amide bonds. The Morgan fingerprint density at radius 3 is 2.75 bits per heavy atom. The number of aromatic nitrogens is 2. The molecular formula is C12H18N2O2. The van der Waals surface area contributed by atoms with Crippen molar-refractivity contribution < 1.29 is 9.90 Å². The van der Waals surface area contributed by atoms with Gasteiger partial charge in [0.05, 0.1) is 5.69 Å². The predicted octanol–water partition coefficient (Wildman–Crippen LogP) is 2.12. The van der Waals surface area contributed by atoms with Crippen LogP contribution >= 0.6 is 0 Å². The summed E-state index contributed by atoms with van der Waals surface area (Å²) >= 11 is 0. The SMILES string of the molecule is CC(C)Cn1nc2c(c1C(=O)O)CCCC2. The Balaban J connectivity index is 2.43. The molecule has 0 unspecified atom stereocenters. The number of hydrogen-bond acceptors (Lipinski definition) is 2. The van der Waals surface area contributed by atoms with Crippen LogP contribution in [0.3, 0.4) is 0 Å². The summed E-state index contributed by atoms with van der Waals surface area (Å²) in [5.74, 6) is -0.421. The van der Waals surface area contributed by atoms with Gasteiger partial charge >= 0.3 is 5.97 Å². The molecule has 4 nitrogen and oxygen atoms in total. The van der Waals surface area contributed by atoms with Crippen molar-refractivity contribution in [3.8, 4) is 0 Å². The Morgan fingerprint density at radius 1 is 1.44 bits per heavy atom. The van der Waals surface area contributed by atoms with Crippen LogP contribution < -0.4 is 0 Å². The van der Waals surface area contributed by atoms with E-state index in [-0.39, 0.29) is 0 Å². The molecule has 1 aromatic heterocycles. The second kappa shape index (κ2) is 4.28. The van der Waals surface area contributed by atoms with E-state index in [1.165, 1.54) is 0 Å². The van der Waals surface area contributed by atoms with Crippen molar-refractivity contribution in [1.82, 2.24) is 9.78 Å². The third-order valence-corrected chi connectivity index (χ3v) is 2.96. The molecule has 1 aromatic rings. The molecule has 0 atom stereocenters. The second-order valence-electron chi connectivity index (χ2n) is 4.86. The lowest BCUT2D eigenvalue weighted by atomic mass is 9.96. The van der Waals surface area contributed by atoms with Gasteiger partial charge in [0.25, 0.3) is 0 Å². The molecule has 0 saturated heterocycles. The van der Waals surface area contributed by atoms with Gasteiger partial charge in [0.2, 0.25) is 0 Å². The van der Waals surface area contributed by atoms with E-state index in [0.717, 1.165) is 36.9 Å². The molecule has 4 heteroatoms. The third-order valence-electron chi connectivity index (χ3n) is 2.96. The van der Waals surface area contributed by atoms with Gasteiger partial charge in [-0.05, 0) is 31.6 Å². The Hall–Kier alpha value is -1.32. The zero-order chi connectivity index (χ0) is 11.7. The monoisotopic (exact) mass is 222 g/mol. The van der Waals surface area contributed by atoms with Crippen LogP contribution in [0.5, 0.6) is 0 Å². The Labute approximate surface area is 95.3 Å². The molecule has 0 radical (unpaired) electrons. The van der Waals surface area contributed by atoms with Gasteiger partial charge in [-0.15, -0.1) is 0 Å². The first kappa shape index (κ1) is 11.2. The highest BCUT2D eigenvalue weighted by atomic mass is 16.4. The molecule has 2 rings (SSSR count). The average molecular weight is 222 g/mol. The summed E-state index contributed by atoms with van der Waals surface area (Å²) in [6, 6.07) is 0. The van der Waals surface area contributed by atoms with Gasteiger partial charge in [-0.1, -0.05) is 13.8 Å². The smallest absolute Gasteiger partial charge is 0.354 e. The van der Waals surface area contributed by atoms with E-state index in [1.54, 1.807) is 4.68 Å². The summed E-state index contributed by atoms with van der Waals surface area (Å²) in [5, 5.41) is 13.7. The van der Waals surface area contributed by atoms with Crippen molar-refractivity contribution in [3.05, 3.63) is 17.0 Å². The Bertz CT molecular complexity index is 407. The summed E-state index contributed by atoms with van der Waals surface area (Å²) in [5.41, 5.74) is 2.40. The topological polar surface area (TPSA) is 55.1 Å². The zero-order valence-electron chi connectivity index (χ0n) is 9.86. The van der Waals surface area contributed by atoms with Gasteiger partial charge in [-0.2, -0.15) is 5.10 Å².